The molecule has 0 radical (unpaired) electrons. The van der Waals surface area contributed by atoms with Gasteiger partial charge in [-0.15, -0.1) is 0 Å². The third-order valence-electron chi connectivity index (χ3n) is 5.43. The van der Waals surface area contributed by atoms with E-state index in [0.717, 1.165) is 55.7 Å². The molecule has 1 unspecified atom stereocenters. The van der Waals surface area contributed by atoms with E-state index in [1.54, 1.807) is 7.11 Å². The van der Waals surface area contributed by atoms with Crippen LogP contribution in [-0.4, -0.2) is 60.8 Å². The standard InChI is InChI=1S/C19H31BrN2O2/c1-5-19(23,6-2)14-17(22-11-9-21(3)10-12-22)15-7-8-18(24-4)16(20)13-15/h7-8,13,17,23H,5-6,9-12,14H2,1-4H3. The highest BCUT2D eigenvalue weighted by molar-refractivity contribution is 9.10. The lowest BCUT2D eigenvalue weighted by molar-refractivity contribution is -0.0130. The Labute approximate surface area is 154 Å². The maximum absolute atomic E-state index is 10.9. The van der Waals surface area contributed by atoms with Gasteiger partial charge in [-0.25, -0.2) is 0 Å². The van der Waals surface area contributed by atoms with E-state index in [1.165, 1.54) is 5.56 Å². The van der Waals surface area contributed by atoms with E-state index in [2.05, 4.69) is 58.8 Å². The second-order valence-corrected chi connectivity index (χ2v) is 7.74. The van der Waals surface area contributed by atoms with Crippen molar-refractivity contribution in [2.24, 2.45) is 0 Å². The summed E-state index contributed by atoms with van der Waals surface area (Å²) in [4.78, 5) is 4.88. The largest absolute Gasteiger partial charge is 0.496 e. The average Bonchev–Trinajstić information content (AvgIpc) is 2.60. The van der Waals surface area contributed by atoms with Crippen LogP contribution in [0.25, 0.3) is 0 Å². The fraction of sp³-hybridized carbons (Fsp3) is 0.684. The number of nitrogens with zero attached hydrogens (tertiary/aromatic N) is 2. The summed E-state index contributed by atoms with van der Waals surface area (Å²) in [6.45, 7) is 8.38. The van der Waals surface area contributed by atoms with E-state index >= 15 is 0 Å². The van der Waals surface area contributed by atoms with Crippen LogP contribution < -0.4 is 4.74 Å². The van der Waals surface area contributed by atoms with Crippen LogP contribution in [0.2, 0.25) is 0 Å². The second kappa shape index (κ2) is 8.65. The molecule has 24 heavy (non-hydrogen) atoms. The highest BCUT2D eigenvalue weighted by Crippen LogP contribution is 2.36. The van der Waals surface area contributed by atoms with Crippen LogP contribution in [0.4, 0.5) is 0 Å². The van der Waals surface area contributed by atoms with Crippen LogP contribution >= 0.6 is 15.9 Å². The smallest absolute Gasteiger partial charge is 0.133 e. The lowest BCUT2D eigenvalue weighted by Gasteiger charge is -2.41. The molecule has 1 aromatic rings. The zero-order valence-corrected chi connectivity index (χ0v) is 17.0. The molecular weight excluding hydrogens is 368 g/mol. The van der Waals surface area contributed by atoms with Crippen LogP contribution in [-0.2, 0) is 0 Å². The van der Waals surface area contributed by atoms with Gasteiger partial charge >= 0.3 is 0 Å². The van der Waals surface area contributed by atoms with Gasteiger partial charge in [0.05, 0.1) is 17.2 Å². The van der Waals surface area contributed by atoms with Gasteiger partial charge in [0.25, 0.3) is 0 Å². The minimum atomic E-state index is -0.611. The van der Waals surface area contributed by atoms with Gasteiger partial charge in [0.2, 0.25) is 0 Å². The molecule has 4 nitrogen and oxygen atoms in total. The van der Waals surface area contributed by atoms with Crippen LogP contribution in [0.15, 0.2) is 22.7 Å². The van der Waals surface area contributed by atoms with Gasteiger partial charge in [-0.2, -0.15) is 0 Å². The van der Waals surface area contributed by atoms with Gasteiger partial charge in [-0.1, -0.05) is 19.9 Å². The first-order valence-corrected chi connectivity index (χ1v) is 9.70. The Morgan fingerprint density at radius 3 is 2.33 bits per heavy atom. The first kappa shape index (κ1) is 19.7. The summed E-state index contributed by atoms with van der Waals surface area (Å²) in [6, 6.07) is 6.52. The van der Waals surface area contributed by atoms with Crippen LogP contribution in [0.1, 0.15) is 44.7 Å². The molecule has 1 aliphatic heterocycles. The molecule has 136 valence electrons. The summed E-state index contributed by atoms with van der Waals surface area (Å²) in [6.07, 6.45) is 2.33. The first-order chi connectivity index (χ1) is 11.4. The molecule has 1 atom stereocenters. The molecule has 2 rings (SSSR count). The van der Waals surface area contributed by atoms with Crippen molar-refractivity contribution in [1.29, 1.82) is 0 Å². The molecule has 1 aromatic carbocycles. The number of likely N-dealkylation sites (N-methyl/N-ethyl adjacent to an activating group) is 1. The van der Waals surface area contributed by atoms with E-state index in [-0.39, 0.29) is 6.04 Å². The SMILES string of the molecule is CCC(O)(CC)CC(c1ccc(OC)c(Br)c1)N1CCN(C)CC1. The summed E-state index contributed by atoms with van der Waals surface area (Å²) < 4.78 is 6.34. The van der Waals surface area contributed by atoms with Crippen LogP contribution in [0, 0.1) is 0 Å². The Kier molecular flexibility index (Phi) is 7.10. The molecule has 1 saturated heterocycles. The molecule has 0 saturated carbocycles. The minimum Gasteiger partial charge on any atom is -0.496 e. The van der Waals surface area contributed by atoms with Crippen LogP contribution in [0.3, 0.4) is 0 Å². The molecule has 1 aliphatic rings. The number of piperazine rings is 1. The van der Waals surface area contributed by atoms with Crippen LogP contribution in [0.5, 0.6) is 5.75 Å². The number of hydrogen-bond acceptors (Lipinski definition) is 4. The maximum Gasteiger partial charge on any atom is 0.133 e. The third-order valence-corrected chi connectivity index (χ3v) is 6.05. The van der Waals surface area contributed by atoms with E-state index in [1.807, 2.05) is 6.07 Å². The lowest BCUT2D eigenvalue weighted by atomic mass is 9.86. The topological polar surface area (TPSA) is 35.9 Å². The van der Waals surface area contributed by atoms with Gasteiger partial charge in [0, 0.05) is 32.2 Å². The van der Waals surface area contributed by atoms with Crippen molar-refractivity contribution in [3.63, 3.8) is 0 Å². The summed E-state index contributed by atoms with van der Waals surface area (Å²) in [5.41, 5.74) is 0.632. The molecular formula is C19H31BrN2O2. The normalized spacial score (nSPS) is 18.6. The third kappa shape index (κ3) is 4.72. The summed E-state index contributed by atoms with van der Waals surface area (Å²) >= 11 is 3.61. The zero-order chi connectivity index (χ0) is 17.7. The summed E-state index contributed by atoms with van der Waals surface area (Å²) in [5, 5.41) is 10.9. The molecule has 0 aromatic heterocycles. The number of methoxy groups -OCH3 is 1. The van der Waals surface area contributed by atoms with E-state index < -0.39 is 5.60 Å². The number of hydrogen-bond donors (Lipinski definition) is 1. The predicted octanol–water partition coefficient (Wildman–Crippen LogP) is 3.69. The Morgan fingerprint density at radius 2 is 1.83 bits per heavy atom. The van der Waals surface area contributed by atoms with Crippen molar-refractivity contribution < 1.29 is 9.84 Å². The number of rotatable bonds is 7. The summed E-state index contributed by atoms with van der Waals surface area (Å²) in [7, 11) is 3.86. The number of ether oxygens (including phenoxy) is 1. The Balaban J connectivity index is 2.29. The molecule has 0 bridgehead atoms. The second-order valence-electron chi connectivity index (χ2n) is 6.88. The fourth-order valence-corrected chi connectivity index (χ4v) is 3.94. The van der Waals surface area contributed by atoms with E-state index in [4.69, 9.17) is 4.74 Å². The van der Waals surface area contributed by atoms with Crippen molar-refractivity contribution in [1.82, 2.24) is 9.80 Å². The molecule has 5 heteroatoms. The molecule has 0 amide bonds. The Hall–Kier alpha value is -0.620. The first-order valence-electron chi connectivity index (χ1n) is 8.91. The minimum absolute atomic E-state index is 0.228. The molecule has 1 heterocycles. The molecule has 1 fully saturated rings. The molecule has 0 spiro atoms. The zero-order valence-electron chi connectivity index (χ0n) is 15.4. The van der Waals surface area contributed by atoms with Crippen molar-refractivity contribution in [2.75, 3.05) is 40.3 Å². The van der Waals surface area contributed by atoms with E-state index in [0.29, 0.717) is 0 Å². The van der Waals surface area contributed by atoms with Gasteiger partial charge in [-0.3, -0.25) is 4.90 Å². The quantitative estimate of drug-likeness (QED) is 0.759. The van der Waals surface area contributed by atoms with Crippen molar-refractivity contribution in [3.8, 4) is 5.75 Å². The highest BCUT2D eigenvalue weighted by atomic mass is 79.9. The Morgan fingerprint density at radius 1 is 1.21 bits per heavy atom. The highest BCUT2D eigenvalue weighted by Gasteiger charge is 2.32. The number of aliphatic hydroxyl groups is 1. The van der Waals surface area contributed by atoms with Gasteiger partial charge in [0.1, 0.15) is 5.75 Å². The fourth-order valence-electron chi connectivity index (χ4n) is 3.38. The molecule has 0 aliphatic carbocycles. The number of benzene rings is 1. The molecule has 1 N–H and O–H groups in total. The van der Waals surface area contributed by atoms with Gasteiger partial charge in [-0.05, 0) is 59.9 Å². The average molecular weight is 399 g/mol. The predicted molar refractivity (Wildman–Crippen MR) is 103 cm³/mol. The summed E-state index contributed by atoms with van der Waals surface area (Å²) in [5.74, 6) is 0.845. The monoisotopic (exact) mass is 398 g/mol. The maximum atomic E-state index is 10.9. The van der Waals surface area contributed by atoms with Crippen molar-refractivity contribution >= 4 is 15.9 Å². The van der Waals surface area contributed by atoms with Crippen molar-refractivity contribution in [3.05, 3.63) is 28.2 Å². The van der Waals surface area contributed by atoms with E-state index in [9.17, 15) is 5.11 Å². The lowest BCUT2D eigenvalue weighted by Crippen LogP contribution is -2.47. The number of halogens is 1. The van der Waals surface area contributed by atoms with Gasteiger partial charge in [0.15, 0.2) is 0 Å². The van der Waals surface area contributed by atoms with Gasteiger partial charge < -0.3 is 14.7 Å². The Bertz CT molecular complexity index is 526. The van der Waals surface area contributed by atoms with Crippen molar-refractivity contribution in [2.45, 2.75) is 44.8 Å².